The average molecular weight is 298 g/mol. The summed E-state index contributed by atoms with van der Waals surface area (Å²) in [6.07, 6.45) is 6.90. The molecule has 0 aromatic carbocycles. The minimum Gasteiger partial charge on any atom is -0.381 e. The maximum atomic E-state index is 11.9. The first-order valence-electron chi connectivity index (χ1n) is 8.40. The van der Waals surface area contributed by atoms with E-state index in [9.17, 15) is 4.79 Å². The Morgan fingerprint density at radius 2 is 2.14 bits per heavy atom. The van der Waals surface area contributed by atoms with Gasteiger partial charge in [0.15, 0.2) is 0 Å². The molecule has 5 heteroatoms. The van der Waals surface area contributed by atoms with Gasteiger partial charge in [-0.15, -0.1) is 0 Å². The maximum absolute atomic E-state index is 11.9. The van der Waals surface area contributed by atoms with Crippen LogP contribution in [0.2, 0.25) is 0 Å². The molecule has 2 rings (SSSR count). The SMILES string of the molecule is CCCNC1(C(N)=O)CCCC(OCC2CCOCC2)C1. The smallest absolute Gasteiger partial charge is 0.237 e. The molecular formula is C16H30N2O3. The average Bonchev–Trinajstić information content (AvgIpc) is 2.52. The van der Waals surface area contributed by atoms with E-state index in [4.69, 9.17) is 15.2 Å². The highest BCUT2D eigenvalue weighted by Gasteiger charge is 2.41. The summed E-state index contributed by atoms with van der Waals surface area (Å²) in [5, 5.41) is 3.38. The van der Waals surface area contributed by atoms with E-state index in [2.05, 4.69) is 12.2 Å². The van der Waals surface area contributed by atoms with Crippen LogP contribution in [0.1, 0.15) is 51.9 Å². The molecule has 122 valence electrons. The van der Waals surface area contributed by atoms with Crippen molar-refractivity contribution in [2.45, 2.75) is 63.5 Å². The van der Waals surface area contributed by atoms with Crippen molar-refractivity contribution in [2.75, 3.05) is 26.4 Å². The topological polar surface area (TPSA) is 73.6 Å². The second kappa shape index (κ2) is 8.11. The molecular weight excluding hydrogens is 268 g/mol. The van der Waals surface area contributed by atoms with Crippen molar-refractivity contribution in [3.8, 4) is 0 Å². The first-order valence-corrected chi connectivity index (χ1v) is 8.40. The summed E-state index contributed by atoms with van der Waals surface area (Å²) in [6, 6.07) is 0. The molecule has 1 amide bonds. The molecule has 0 aromatic heterocycles. The van der Waals surface area contributed by atoms with Gasteiger partial charge in [0.25, 0.3) is 0 Å². The van der Waals surface area contributed by atoms with Gasteiger partial charge in [-0.25, -0.2) is 0 Å². The molecule has 2 unspecified atom stereocenters. The predicted molar refractivity (Wildman–Crippen MR) is 82.0 cm³/mol. The standard InChI is InChI=1S/C16H30N2O3/c1-2-8-18-16(15(17)19)7-3-4-14(11-16)21-12-13-5-9-20-10-6-13/h13-14,18H,2-12H2,1H3,(H2,17,19). The van der Waals surface area contributed by atoms with Gasteiger partial charge >= 0.3 is 0 Å². The van der Waals surface area contributed by atoms with Crippen molar-refractivity contribution in [3.63, 3.8) is 0 Å². The molecule has 1 aliphatic carbocycles. The lowest BCUT2D eigenvalue weighted by molar-refractivity contribution is -0.129. The lowest BCUT2D eigenvalue weighted by Crippen LogP contribution is -2.59. The van der Waals surface area contributed by atoms with Crippen molar-refractivity contribution >= 4 is 5.91 Å². The molecule has 0 aromatic rings. The Morgan fingerprint density at radius 3 is 2.81 bits per heavy atom. The zero-order valence-electron chi connectivity index (χ0n) is 13.2. The second-order valence-electron chi connectivity index (χ2n) is 6.48. The highest BCUT2D eigenvalue weighted by molar-refractivity contribution is 5.84. The summed E-state index contributed by atoms with van der Waals surface area (Å²) in [7, 11) is 0. The summed E-state index contributed by atoms with van der Waals surface area (Å²) < 4.78 is 11.5. The lowest BCUT2D eigenvalue weighted by atomic mass is 9.79. The van der Waals surface area contributed by atoms with E-state index in [0.29, 0.717) is 12.3 Å². The Bertz CT molecular complexity index is 331. The summed E-state index contributed by atoms with van der Waals surface area (Å²) in [4.78, 5) is 11.9. The molecule has 3 N–H and O–H groups in total. The van der Waals surface area contributed by atoms with Gasteiger partial charge in [-0.05, 0) is 51.0 Å². The fraction of sp³-hybridized carbons (Fsp3) is 0.938. The van der Waals surface area contributed by atoms with Crippen LogP contribution in [0.25, 0.3) is 0 Å². The van der Waals surface area contributed by atoms with Crippen LogP contribution in [0.5, 0.6) is 0 Å². The Hall–Kier alpha value is -0.650. The maximum Gasteiger partial charge on any atom is 0.237 e. The normalized spacial score (nSPS) is 31.2. The third-order valence-electron chi connectivity index (χ3n) is 4.80. The number of ether oxygens (including phenoxy) is 2. The van der Waals surface area contributed by atoms with Crippen LogP contribution in [0.3, 0.4) is 0 Å². The molecule has 0 radical (unpaired) electrons. The third-order valence-corrected chi connectivity index (χ3v) is 4.80. The van der Waals surface area contributed by atoms with Crippen molar-refractivity contribution < 1.29 is 14.3 Å². The number of hydrogen-bond acceptors (Lipinski definition) is 4. The Labute approximate surface area is 127 Å². The Morgan fingerprint density at radius 1 is 1.38 bits per heavy atom. The number of nitrogens with one attached hydrogen (secondary N) is 1. The largest absolute Gasteiger partial charge is 0.381 e. The predicted octanol–water partition coefficient (Wildman–Crippen LogP) is 1.60. The van der Waals surface area contributed by atoms with E-state index < -0.39 is 5.54 Å². The van der Waals surface area contributed by atoms with E-state index in [0.717, 1.165) is 64.9 Å². The first-order chi connectivity index (χ1) is 10.2. The van der Waals surface area contributed by atoms with Crippen LogP contribution in [0.4, 0.5) is 0 Å². The van der Waals surface area contributed by atoms with E-state index in [1.165, 1.54) is 0 Å². The van der Waals surface area contributed by atoms with Crippen LogP contribution < -0.4 is 11.1 Å². The van der Waals surface area contributed by atoms with Gasteiger partial charge in [0, 0.05) is 26.2 Å². The van der Waals surface area contributed by atoms with Crippen LogP contribution in [0, 0.1) is 5.92 Å². The zero-order valence-corrected chi connectivity index (χ0v) is 13.2. The van der Waals surface area contributed by atoms with Crippen molar-refractivity contribution in [3.05, 3.63) is 0 Å². The van der Waals surface area contributed by atoms with Crippen LogP contribution in [0.15, 0.2) is 0 Å². The fourth-order valence-corrected chi connectivity index (χ4v) is 3.39. The quantitative estimate of drug-likeness (QED) is 0.748. The molecule has 0 bridgehead atoms. The van der Waals surface area contributed by atoms with Gasteiger partial charge in [0.2, 0.25) is 5.91 Å². The van der Waals surface area contributed by atoms with Crippen LogP contribution >= 0.6 is 0 Å². The minimum atomic E-state index is -0.561. The van der Waals surface area contributed by atoms with E-state index >= 15 is 0 Å². The zero-order chi connectivity index (χ0) is 15.1. The van der Waals surface area contributed by atoms with Gasteiger partial charge in [-0.3, -0.25) is 4.79 Å². The molecule has 5 nitrogen and oxygen atoms in total. The summed E-state index contributed by atoms with van der Waals surface area (Å²) in [6.45, 7) is 5.42. The Balaban J connectivity index is 1.84. The number of nitrogens with two attached hydrogens (primary N) is 1. The summed E-state index contributed by atoms with van der Waals surface area (Å²) in [5.74, 6) is 0.377. The molecule has 1 saturated carbocycles. The van der Waals surface area contributed by atoms with E-state index in [-0.39, 0.29) is 12.0 Å². The number of hydrogen-bond donors (Lipinski definition) is 2. The van der Waals surface area contributed by atoms with Gasteiger partial charge < -0.3 is 20.5 Å². The molecule has 2 atom stereocenters. The van der Waals surface area contributed by atoms with Crippen LogP contribution in [-0.4, -0.2) is 43.9 Å². The van der Waals surface area contributed by atoms with Gasteiger partial charge in [-0.2, -0.15) is 0 Å². The first kappa shape index (κ1) is 16.7. The number of amides is 1. The van der Waals surface area contributed by atoms with Crippen molar-refractivity contribution in [1.82, 2.24) is 5.32 Å². The summed E-state index contributed by atoms with van der Waals surface area (Å²) in [5.41, 5.74) is 5.11. The number of primary amides is 1. The highest BCUT2D eigenvalue weighted by atomic mass is 16.5. The van der Waals surface area contributed by atoms with E-state index in [1.807, 2.05) is 0 Å². The van der Waals surface area contributed by atoms with Gasteiger partial charge in [0.05, 0.1) is 6.10 Å². The minimum absolute atomic E-state index is 0.151. The van der Waals surface area contributed by atoms with E-state index in [1.54, 1.807) is 0 Å². The van der Waals surface area contributed by atoms with Crippen LogP contribution in [-0.2, 0) is 14.3 Å². The molecule has 1 saturated heterocycles. The van der Waals surface area contributed by atoms with Gasteiger partial charge in [0.1, 0.15) is 5.54 Å². The molecule has 1 heterocycles. The third kappa shape index (κ3) is 4.66. The highest BCUT2D eigenvalue weighted by Crippen LogP contribution is 2.31. The second-order valence-corrected chi connectivity index (χ2v) is 6.48. The number of carbonyl (C=O) groups is 1. The Kier molecular flexibility index (Phi) is 6.45. The monoisotopic (exact) mass is 298 g/mol. The lowest BCUT2D eigenvalue weighted by Gasteiger charge is -2.39. The molecule has 1 aliphatic heterocycles. The molecule has 21 heavy (non-hydrogen) atoms. The van der Waals surface area contributed by atoms with Crippen molar-refractivity contribution in [2.24, 2.45) is 11.7 Å². The number of carbonyl (C=O) groups excluding carboxylic acids is 1. The molecule has 2 fully saturated rings. The van der Waals surface area contributed by atoms with Gasteiger partial charge in [-0.1, -0.05) is 6.92 Å². The fourth-order valence-electron chi connectivity index (χ4n) is 3.39. The van der Waals surface area contributed by atoms with Crippen molar-refractivity contribution in [1.29, 1.82) is 0 Å². The summed E-state index contributed by atoms with van der Waals surface area (Å²) >= 11 is 0. The molecule has 2 aliphatic rings. The number of rotatable bonds is 7. The molecule has 0 spiro atoms.